The molecule has 1 saturated heterocycles. The molecule has 0 spiro atoms. The molecule has 10 heteroatoms. The predicted octanol–water partition coefficient (Wildman–Crippen LogP) is 6.47. The van der Waals surface area contributed by atoms with Crippen LogP contribution in [0.5, 0.6) is 0 Å². The van der Waals surface area contributed by atoms with Crippen molar-refractivity contribution in [1.82, 2.24) is 10.6 Å². The summed E-state index contributed by atoms with van der Waals surface area (Å²) in [6, 6.07) is 1.90. The standard InChI is InChI=1S/C27H36F6N2O2/c1-16(2)25(9-7-20(14-25)35-22-8-10-37-23-6-4-3-5-21(22)23)24(36)34-15-17-11-18(26(28,29)30)13-19(12-17)27(31,32)33/h11-13,16,20-23,35H,3-10,14-15H2,1-2H3,(H,34,36)/t20-,21?,22?,23?,25+/m1/s1. The minimum Gasteiger partial charge on any atom is -0.378 e. The molecule has 4 rings (SSSR count). The van der Waals surface area contributed by atoms with Crippen LogP contribution >= 0.6 is 0 Å². The summed E-state index contributed by atoms with van der Waals surface area (Å²) >= 11 is 0. The largest absolute Gasteiger partial charge is 0.416 e. The molecule has 3 aliphatic rings. The molecule has 0 bridgehead atoms. The summed E-state index contributed by atoms with van der Waals surface area (Å²) in [4.78, 5) is 13.4. The van der Waals surface area contributed by atoms with Gasteiger partial charge < -0.3 is 15.4 Å². The lowest BCUT2D eigenvalue weighted by Gasteiger charge is -2.43. The van der Waals surface area contributed by atoms with Gasteiger partial charge in [0, 0.05) is 31.2 Å². The van der Waals surface area contributed by atoms with Crippen molar-refractivity contribution in [2.24, 2.45) is 17.3 Å². The van der Waals surface area contributed by atoms with Crippen LogP contribution in [0.25, 0.3) is 0 Å². The smallest absolute Gasteiger partial charge is 0.378 e. The summed E-state index contributed by atoms with van der Waals surface area (Å²) in [6.07, 6.45) is -2.06. The lowest BCUT2D eigenvalue weighted by Crippen LogP contribution is -2.52. The molecule has 4 nitrogen and oxygen atoms in total. The number of halogens is 6. The molecular weight excluding hydrogens is 498 g/mol. The highest BCUT2D eigenvalue weighted by Crippen LogP contribution is 2.46. The third kappa shape index (κ3) is 6.27. The van der Waals surface area contributed by atoms with Crippen LogP contribution < -0.4 is 10.6 Å². The number of hydrogen-bond donors (Lipinski definition) is 2. The van der Waals surface area contributed by atoms with E-state index in [4.69, 9.17) is 4.74 Å². The zero-order valence-electron chi connectivity index (χ0n) is 21.3. The quantitative estimate of drug-likeness (QED) is 0.411. The Bertz CT molecular complexity index is 929. The van der Waals surface area contributed by atoms with Crippen molar-refractivity contribution in [1.29, 1.82) is 0 Å². The second-order valence-electron chi connectivity index (χ2n) is 11.3. The van der Waals surface area contributed by atoms with Crippen molar-refractivity contribution in [2.45, 2.75) is 102 Å². The Kier molecular flexibility index (Phi) is 8.19. The van der Waals surface area contributed by atoms with Crippen LogP contribution in [0, 0.1) is 17.3 Å². The Balaban J connectivity index is 1.44. The highest BCUT2D eigenvalue weighted by molar-refractivity contribution is 5.83. The number of hydrogen-bond acceptors (Lipinski definition) is 3. The zero-order valence-corrected chi connectivity index (χ0v) is 21.3. The molecular formula is C27H36F6N2O2. The van der Waals surface area contributed by atoms with E-state index in [-0.39, 0.29) is 35.6 Å². The topological polar surface area (TPSA) is 50.4 Å². The minimum absolute atomic E-state index is 0.0383. The van der Waals surface area contributed by atoms with Gasteiger partial charge in [-0.2, -0.15) is 26.3 Å². The Labute approximate surface area is 213 Å². The lowest BCUT2D eigenvalue weighted by atomic mass is 9.74. The van der Waals surface area contributed by atoms with Crippen molar-refractivity contribution < 1.29 is 35.9 Å². The maximum absolute atomic E-state index is 13.4. The molecule has 5 atom stereocenters. The van der Waals surface area contributed by atoms with Crippen molar-refractivity contribution >= 4 is 5.91 Å². The van der Waals surface area contributed by atoms with Gasteiger partial charge in [-0.3, -0.25) is 4.79 Å². The van der Waals surface area contributed by atoms with Gasteiger partial charge in [0.1, 0.15) is 0 Å². The first-order valence-corrected chi connectivity index (χ1v) is 13.2. The first-order valence-electron chi connectivity index (χ1n) is 13.2. The van der Waals surface area contributed by atoms with Crippen LogP contribution in [-0.4, -0.2) is 30.7 Å². The summed E-state index contributed by atoms with van der Waals surface area (Å²) in [6.45, 7) is 4.21. The maximum Gasteiger partial charge on any atom is 0.416 e. The van der Waals surface area contributed by atoms with E-state index in [9.17, 15) is 31.1 Å². The average molecular weight is 535 g/mol. The summed E-state index contributed by atoms with van der Waals surface area (Å²) in [5.41, 5.74) is -3.73. The molecule has 1 heterocycles. The van der Waals surface area contributed by atoms with Gasteiger partial charge in [0.25, 0.3) is 0 Å². The van der Waals surface area contributed by atoms with E-state index in [1.807, 2.05) is 13.8 Å². The predicted molar refractivity (Wildman–Crippen MR) is 126 cm³/mol. The first kappa shape index (κ1) is 28.2. The molecule has 2 saturated carbocycles. The van der Waals surface area contributed by atoms with E-state index in [1.165, 1.54) is 12.8 Å². The second kappa shape index (κ2) is 10.8. The van der Waals surface area contributed by atoms with Crippen LogP contribution in [0.2, 0.25) is 0 Å². The summed E-state index contributed by atoms with van der Waals surface area (Å²) in [5, 5.41) is 6.46. The van der Waals surface area contributed by atoms with Crippen LogP contribution in [0.4, 0.5) is 26.3 Å². The fraction of sp³-hybridized carbons (Fsp3) is 0.741. The van der Waals surface area contributed by atoms with Gasteiger partial charge in [-0.05, 0) is 68.2 Å². The van der Waals surface area contributed by atoms with E-state index in [0.29, 0.717) is 36.9 Å². The molecule has 0 aromatic heterocycles. The van der Waals surface area contributed by atoms with Crippen LogP contribution in [0.1, 0.15) is 81.9 Å². The molecule has 1 aliphatic heterocycles. The number of benzene rings is 1. The summed E-state index contributed by atoms with van der Waals surface area (Å²) in [7, 11) is 0. The Morgan fingerprint density at radius 2 is 1.65 bits per heavy atom. The van der Waals surface area contributed by atoms with E-state index in [0.717, 1.165) is 32.3 Å². The Morgan fingerprint density at radius 1 is 1.00 bits per heavy atom. The first-order chi connectivity index (χ1) is 17.3. The average Bonchev–Trinajstić information content (AvgIpc) is 3.27. The third-order valence-corrected chi connectivity index (χ3v) is 8.69. The number of fused-ring (bicyclic) bond motifs is 1. The molecule has 2 aliphatic carbocycles. The van der Waals surface area contributed by atoms with E-state index in [2.05, 4.69) is 10.6 Å². The fourth-order valence-electron chi connectivity index (χ4n) is 6.55. The second-order valence-corrected chi connectivity index (χ2v) is 11.3. The monoisotopic (exact) mass is 534 g/mol. The van der Waals surface area contributed by atoms with E-state index in [1.54, 1.807) is 0 Å². The molecule has 208 valence electrons. The normalized spacial score (nSPS) is 30.8. The molecule has 3 fully saturated rings. The number of alkyl halides is 6. The van der Waals surface area contributed by atoms with Crippen LogP contribution in [-0.2, 0) is 28.4 Å². The zero-order chi connectivity index (χ0) is 27.0. The van der Waals surface area contributed by atoms with Crippen molar-refractivity contribution in [3.8, 4) is 0 Å². The molecule has 1 aromatic carbocycles. The number of amides is 1. The van der Waals surface area contributed by atoms with Gasteiger partial charge in [-0.15, -0.1) is 0 Å². The van der Waals surface area contributed by atoms with Crippen molar-refractivity contribution in [2.75, 3.05) is 6.61 Å². The van der Waals surface area contributed by atoms with Crippen LogP contribution in [0.3, 0.4) is 0 Å². The van der Waals surface area contributed by atoms with Crippen molar-refractivity contribution in [3.63, 3.8) is 0 Å². The number of ether oxygens (including phenoxy) is 1. The molecule has 1 aromatic rings. The minimum atomic E-state index is -4.93. The van der Waals surface area contributed by atoms with E-state index >= 15 is 0 Å². The highest BCUT2D eigenvalue weighted by Gasteiger charge is 2.48. The highest BCUT2D eigenvalue weighted by atomic mass is 19.4. The third-order valence-electron chi connectivity index (χ3n) is 8.69. The van der Waals surface area contributed by atoms with Crippen LogP contribution in [0.15, 0.2) is 18.2 Å². The van der Waals surface area contributed by atoms with E-state index < -0.39 is 35.4 Å². The van der Waals surface area contributed by atoms with Gasteiger partial charge in [0.2, 0.25) is 5.91 Å². The Hall–Kier alpha value is -1.81. The molecule has 3 unspecified atom stereocenters. The van der Waals surface area contributed by atoms with Gasteiger partial charge in [-0.1, -0.05) is 26.7 Å². The number of nitrogens with one attached hydrogen (secondary N) is 2. The molecule has 2 N–H and O–H groups in total. The summed E-state index contributed by atoms with van der Waals surface area (Å²) < 4.78 is 85.3. The van der Waals surface area contributed by atoms with Gasteiger partial charge in [0.15, 0.2) is 0 Å². The van der Waals surface area contributed by atoms with Crippen molar-refractivity contribution in [3.05, 3.63) is 34.9 Å². The SMILES string of the molecule is CC(C)[C@]1(C(=O)NCc2cc(C(F)(F)F)cc(C(F)(F)F)c2)CC[C@@H](NC2CCOC3CCCCC23)C1. The number of carbonyl (C=O) groups excluding carboxylic acids is 1. The summed E-state index contributed by atoms with van der Waals surface area (Å²) in [5.74, 6) is 0.109. The molecule has 37 heavy (non-hydrogen) atoms. The van der Waals surface area contributed by atoms with Gasteiger partial charge >= 0.3 is 12.4 Å². The van der Waals surface area contributed by atoms with Gasteiger partial charge in [0.05, 0.1) is 22.6 Å². The maximum atomic E-state index is 13.4. The molecule has 0 radical (unpaired) electrons. The Morgan fingerprint density at radius 3 is 2.27 bits per heavy atom. The number of rotatable bonds is 6. The lowest BCUT2D eigenvalue weighted by molar-refractivity contribution is -0.143. The van der Waals surface area contributed by atoms with Gasteiger partial charge in [-0.25, -0.2) is 0 Å². The number of carbonyl (C=O) groups is 1. The molecule has 1 amide bonds. The fourth-order valence-corrected chi connectivity index (χ4v) is 6.55.